The highest BCUT2D eigenvalue weighted by atomic mass is 35.5. The smallest absolute Gasteiger partial charge is 0.262 e. The number of carbonyl (C=O) groups excluding carboxylic acids is 1. The first-order chi connectivity index (χ1) is 17.7. The van der Waals surface area contributed by atoms with Crippen molar-refractivity contribution in [3.8, 4) is 11.5 Å². The molecule has 0 bridgehead atoms. The molecule has 10 nitrogen and oxygen atoms in total. The molecule has 3 aromatic carbocycles. The van der Waals surface area contributed by atoms with Crippen LogP contribution in [0.15, 0.2) is 65.6 Å². The van der Waals surface area contributed by atoms with Crippen LogP contribution in [0.2, 0.25) is 0 Å². The van der Waals surface area contributed by atoms with E-state index in [1.807, 2.05) is 18.2 Å². The number of aromatic nitrogens is 1. The molecule has 1 amide bonds. The second kappa shape index (κ2) is 11.0. The Kier molecular flexibility index (Phi) is 7.88. The van der Waals surface area contributed by atoms with E-state index in [0.29, 0.717) is 22.1 Å². The summed E-state index contributed by atoms with van der Waals surface area (Å²) in [5.41, 5.74) is 7.98. The molecule has 0 saturated heterocycles. The molecule has 5 N–H and O–H groups in total. The second-order valence-electron chi connectivity index (χ2n) is 8.37. The predicted octanol–water partition coefficient (Wildman–Crippen LogP) is 3.60. The van der Waals surface area contributed by atoms with Crippen molar-refractivity contribution in [1.82, 2.24) is 9.71 Å². The molecule has 0 aliphatic carbocycles. The molecule has 1 aromatic heterocycles. The molecule has 5 rings (SSSR count). The Bertz CT molecular complexity index is 1640. The Morgan fingerprint density at radius 3 is 2.82 bits per heavy atom. The number of fused-ring (bicyclic) bond motifs is 2. The zero-order valence-electron chi connectivity index (χ0n) is 20.1. The van der Waals surface area contributed by atoms with Gasteiger partial charge in [-0.25, -0.2) is 18.1 Å². The van der Waals surface area contributed by atoms with Crippen LogP contribution in [0.4, 0.5) is 5.69 Å². The number of carbonyl (C=O) groups is 1. The number of halogens is 1. The van der Waals surface area contributed by atoms with E-state index in [0.717, 1.165) is 15.8 Å². The van der Waals surface area contributed by atoms with Crippen LogP contribution in [0.1, 0.15) is 22.2 Å². The van der Waals surface area contributed by atoms with Crippen LogP contribution in [0.25, 0.3) is 10.2 Å². The quantitative estimate of drug-likeness (QED) is 0.185. The topological polar surface area (TPSA) is 156 Å². The number of methoxy groups -OCH3 is 1. The van der Waals surface area contributed by atoms with E-state index >= 15 is 0 Å². The van der Waals surface area contributed by atoms with Crippen LogP contribution >= 0.6 is 23.7 Å². The van der Waals surface area contributed by atoms with E-state index in [4.69, 9.17) is 25.6 Å². The van der Waals surface area contributed by atoms with Crippen LogP contribution in [0, 0.1) is 5.41 Å². The summed E-state index contributed by atoms with van der Waals surface area (Å²) in [6.07, 6.45) is 0.266. The van der Waals surface area contributed by atoms with Crippen LogP contribution in [-0.2, 0) is 21.2 Å². The minimum absolute atomic E-state index is 0. The molecule has 38 heavy (non-hydrogen) atoms. The van der Waals surface area contributed by atoms with Crippen LogP contribution < -0.4 is 25.2 Å². The molecule has 1 aliphatic heterocycles. The van der Waals surface area contributed by atoms with Gasteiger partial charge in [0, 0.05) is 5.56 Å². The zero-order valence-corrected chi connectivity index (χ0v) is 22.5. The maximum absolute atomic E-state index is 13.5. The Labute approximate surface area is 229 Å². The van der Waals surface area contributed by atoms with Crippen molar-refractivity contribution in [2.45, 2.75) is 17.4 Å². The standard InChI is InChI=1S/C25H23N5O5S2.ClH/c1-34-16-5-7-18-22(11-16)36-25(29-18)20(10-14-3-2-4-15(9-14)24(26)27)30-37(32,33)17-6-8-21-19(12-17)28-23(31)13-35-21;/h2-9,11-12,20,30H,10,13H2,1H3,(H3,26,27)(H,28,31);1H/t20-;/m1./s1. The van der Waals surface area contributed by atoms with Crippen molar-refractivity contribution in [1.29, 1.82) is 5.41 Å². The van der Waals surface area contributed by atoms with Crippen LogP contribution in [0.3, 0.4) is 0 Å². The third-order valence-electron chi connectivity index (χ3n) is 5.78. The van der Waals surface area contributed by atoms with Gasteiger partial charge in [0.05, 0.1) is 34.0 Å². The van der Waals surface area contributed by atoms with Crippen LogP contribution in [0.5, 0.6) is 11.5 Å². The SMILES string of the molecule is COc1ccc2nc([C@@H](Cc3cccc(C(=N)N)c3)NS(=O)(=O)c3ccc4c(c3)NC(=O)CO4)sc2c1.Cl. The van der Waals surface area contributed by atoms with E-state index in [2.05, 4.69) is 10.0 Å². The maximum Gasteiger partial charge on any atom is 0.262 e. The number of thiazole rings is 1. The largest absolute Gasteiger partial charge is 0.497 e. The van der Waals surface area contributed by atoms with Gasteiger partial charge in [0.2, 0.25) is 10.0 Å². The molecule has 1 aliphatic rings. The number of nitrogen functional groups attached to an aromatic ring is 1. The highest BCUT2D eigenvalue weighted by Gasteiger charge is 2.27. The minimum Gasteiger partial charge on any atom is -0.497 e. The van der Waals surface area contributed by atoms with Gasteiger partial charge < -0.3 is 20.5 Å². The summed E-state index contributed by atoms with van der Waals surface area (Å²) in [6, 6.07) is 16.1. The molecule has 2 heterocycles. The predicted molar refractivity (Wildman–Crippen MR) is 148 cm³/mol. The van der Waals surface area contributed by atoms with Gasteiger partial charge in [-0.05, 0) is 54.4 Å². The Hall–Kier alpha value is -3.71. The molecule has 0 unspecified atom stereocenters. The molecule has 0 radical (unpaired) electrons. The molecular weight excluding hydrogens is 550 g/mol. The Morgan fingerprint density at radius 1 is 1.24 bits per heavy atom. The van der Waals surface area contributed by atoms with Gasteiger partial charge in [-0.2, -0.15) is 0 Å². The number of amidine groups is 1. The van der Waals surface area contributed by atoms with Crippen molar-refractivity contribution in [3.05, 3.63) is 76.8 Å². The fourth-order valence-corrected chi connectivity index (χ4v) is 6.31. The van der Waals surface area contributed by atoms with Crippen molar-refractivity contribution >= 4 is 61.4 Å². The van der Waals surface area contributed by atoms with E-state index < -0.39 is 16.1 Å². The van der Waals surface area contributed by atoms with Crippen molar-refractivity contribution in [2.24, 2.45) is 5.73 Å². The lowest BCUT2D eigenvalue weighted by atomic mass is 10.0. The maximum atomic E-state index is 13.5. The highest BCUT2D eigenvalue weighted by molar-refractivity contribution is 7.89. The minimum atomic E-state index is -4.04. The van der Waals surface area contributed by atoms with Crippen molar-refractivity contribution in [2.75, 3.05) is 19.0 Å². The molecule has 0 fully saturated rings. The summed E-state index contributed by atoms with van der Waals surface area (Å²) in [5.74, 6) is 0.635. The number of hydrogen-bond donors (Lipinski definition) is 4. The third-order valence-corrected chi connectivity index (χ3v) is 8.38. The van der Waals surface area contributed by atoms with Crippen molar-refractivity contribution < 1.29 is 22.7 Å². The lowest BCUT2D eigenvalue weighted by Crippen LogP contribution is -2.31. The number of rotatable bonds is 8. The van der Waals surface area contributed by atoms with Gasteiger partial charge in [0.15, 0.2) is 6.61 Å². The first-order valence-electron chi connectivity index (χ1n) is 11.2. The number of nitrogens with zero attached hydrogens (tertiary/aromatic N) is 1. The van der Waals surface area contributed by atoms with Gasteiger partial charge in [-0.1, -0.05) is 18.2 Å². The molecule has 0 saturated carbocycles. The first kappa shape index (κ1) is 27.3. The van der Waals surface area contributed by atoms with Gasteiger partial charge in [0.1, 0.15) is 22.3 Å². The second-order valence-corrected chi connectivity index (χ2v) is 11.1. The van der Waals surface area contributed by atoms with E-state index in [1.165, 1.54) is 29.5 Å². The molecular formula is C25H24ClN5O5S2. The molecule has 198 valence electrons. The lowest BCUT2D eigenvalue weighted by molar-refractivity contribution is -0.118. The summed E-state index contributed by atoms with van der Waals surface area (Å²) in [7, 11) is -2.46. The monoisotopic (exact) mass is 573 g/mol. The van der Waals surface area contributed by atoms with Gasteiger partial charge >= 0.3 is 0 Å². The number of nitrogens with two attached hydrogens (primary N) is 1. The molecule has 13 heteroatoms. The fourth-order valence-electron chi connectivity index (χ4n) is 3.96. The Balaban J connectivity index is 0.00000336. The summed E-state index contributed by atoms with van der Waals surface area (Å²) in [4.78, 5) is 16.4. The summed E-state index contributed by atoms with van der Waals surface area (Å²) in [5, 5.41) is 10.9. The van der Waals surface area contributed by atoms with E-state index in [-0.39, 0.29) is 47.8 Å². The molecule has 4 aromatic rings. The molecule has 0 spiro atoms. The number of nitrogens with one attached hydrogen (secondary N) is 3. The van der Waals surface area contributed by atoms with Gasteiger partial charge in [-0.3, -0.25) is 10.2 Å². The zero-order chi connectivity index (χ0) is 26.2. The number of sulfonamides is 1. The van der Waals surface area contributed by atoms with Crippen LogP contribution in [-0.4, -0.2) is 38.9 Å². The van der Waals surface area contributed by atoms with E-state index in [9.17, 15) is 13.2 Å². The normalized spacial score (nSPS) is 13.6. The van der Waals surface area contributed by atoms with Gasteiger partial charge in [-0.15, -0.1) is 23.7 Å². The average molecular weight is 574 g/mol. The van der Waals surface area contributed by atoms with E-state index in [1.54, 1.807) is 31.4 Å². The summed E-state index contributed by atoms with van der Waals surface area (Å²) in [6.45, 7) is -0.124. The number of benzene rings is 3. The number of hydrogen-bond acceptors (Lipinski definition) is 8. The first-order valence-corrected chi connectivity index (χ1v) is 13.5. The molecule has 1 atom stereocenters. The van der Waals surface area contributed by atoms with Gasteiger partial charge in [0.25, 0.3) is 5.91 Å². The number of ether oxygens (including phenoxy) is 2. The number of amides is 1. The third kappa shape index (κ3) is 5.73. The lowest BCUT2D eigenvalue weighted by Gasteiger charge is -2.20. The average Bonchev–Trinajstić information content (AvgIpc) is 3.31. The summed E-state index contributed by atoms with van der Waals surface area (Å²) < 4.78 is 41.3. The summed E-state index contributed by atoms with van der Waals surface area (Å²) >= 11 is 1.36. The van der Waals surface area contributed by atoms with Crippen molar-refractivity contribution in [3.63, 3.8) is 0 Å². The highest BCUT2D eigenvalue weighted by Crippen LogP contribution is 2.34. The number of anilines is 1. The Morgan fingerprint density at radius 2 is 2.05 bits per heavy atom. The fraction of sp³-hybridized carbons (Fsp3) is 0.160.